The van der Waals surface area contributed by atoms with Crippen molar-refractivity contribution in [3.8, 4) is 11.4 Å². The fourth-order valence-corrected chi connectivity index (χ4v) is 3.99. The molecule has 0 saturated carbocycles. The Kier molecular flexibility index (Phi) is 4.17. The summed E-state index contributed by atoms with van der Waals surface area (Å²) in [5, 5.41) is 9.98. The molecular formula is C20H21N7O2. The second kappa shape index (κ2) is 6.85. The molecule has 9 nitrogen and oxygen atoms in total. The van der Waals surface area contributed by atoms with Crippen molar-refractivity contribution in [3.05, 3.63) is 36.2 Å². The van der Waals surface area contributed by atoms with Gasteiger partial charge in [0.15, 0.2) is 5.65 Å². The van der Waals surface area contributed by atoms with Crippen LogP contribution in [0.25, 0.3) is 33.3 Å². The Morgan fingerprint density at radius 1 is 1.24 bits per heavy atom. The van der Waals surface area contributed by atoms with E-state index < -0.39 is 0 Å². The largest absolute Gasteiger partial charge is 0.465 e. The minimum atomic E-state index is -0.374. The quantitative estimate of drug-likeness (QED) is 0.458. The minimum absolute atomic E-state index is 0.261. The fourth-order valence-electron chi connectivity index (χ4n) is 3.99. The van der Waals surface area contributed by atoms with Gasteiger partial charge in [-0.15, -0.1) is 0 Å². The maximum Gasteiger partial charge on any atom is 0.337 e. The molecule has 0 unspecified atom stereocenters. The summed E-state index contributed by atoms with van der Waals surface area (Å²) in [6, 6.07) is 7.66. The number of nitrogens with zero attached hydrogens (tertiary/aromatic N) is 4. The third kappa shape index (κ3) is 2.90. The zero-order valence-corrected chi connectivity index (χ0v) is 16.0. The highest BCUT2D eigenvalue weighted by molar-refractivity contribution is 6.01. The molecule has 4 heterocycles. The smallest absolute Gasteiger partial charge is 0.337 e. The van der Waals surface area contributed by atoms with Crippen LogP contribution < -0.4 is 11.1 Å². The number of nitrogens with one attached hydrogen (secondary N) is 2. The molecule has 1 aromatic carbocycles. The van der Waals surface area contributed by atoms with E-state index in [1.54, 1.807) is 12.1 Å². The number of benzene rings is 1. The summed E-state index contributed by atoms with van der Waals surface area (Å²) in [6.45, 7) is 1.90. The van der Waals surface area contributed by atoms with Gasteiger partial charge < -0.3 is 20.8 Å². The Morgan fingerprint density at radius 3 is 2.86 bits per heavy atom. The van der Waals surface area contributed by atoms with Crippen LogP contribution in [0.2, 0.25) is 0 Å². The van der Waals surface area contributed by atoms with Crippen molar-refractivity contribution in [2.24, 2.45) is 0 Å². The van der Waals surface area contributed by atoms with E-state index in [-0.39, 0.29) is 12.0 Å². The van der Waals surface area contributed by atoms with Gasteiger partial charge in [0.2, 0.25) is 0 Å². The number of piperidine rings is 1. The van der Waals surface area contributed by atoms with E-state index >= 15 is 0 Å². The zero-order chi connectivity index (χ0) is 20.0. The molecule has 0 bridgehead atoms. The number of hydrogen-bond donors (Lipinski definition) is 3. The molecule has 4 aromatic rings. The number of anilines is 1. The van der Waals surface area contributed by atoms with Crippen molar-refractivity contribution in [2.75, 3.05) is 25.9 Å². The summed E-state index contributed by atoms with van der Waals surface area (Å²) in [4.78, 5) is 23.9. The van der Waals surface area contributed by atoms with Gasteiger partial charge in [-0.05, 0) is 44.1 Å². The lowest BCUT2D eigenvalue weighted by atomic mass is 10.1. The molecule has 1 fully saturated rings. The number of rotatable bonds is 3. The van der Waals surface area contributed by atoms with Gasteiger partial charge in [0.1, 0.15) is 17.8 Å². The zero-order valence-electron chi connectivity index (χ0n) is 16.0. The van der Waals surface area contributed by atoms with Gasteiger partial charge in [0, 0.05) is 10.9 Å². The Morgan fingerprint density at radius 2 is 2.07 bits per heavy atom. The van der Waals surface area contributed by atoms with Gasteiger partial charge in [0.25, 0.3) is 0 Å². The van der Waals surface area contributed by atoms with E-state index in [0.717, 1.165) is 53.6 Å². The van der Waals surface area contributed by atoms with E-state index in [2.05, 4.69) is 20.3 Å². The molecule has 5 rings (SSSR count). The molecule has 1 saturated heterocycles. The summed E-state index contributed by atoms with van der Waals surface area (Å²) in [6.07, 6.45) is 3.44. The SMILES string of the molecule is COC(=O)c1ccc2cc(-c3nn(C4CCNCC4)c4ncnc(N)c34)[nH]c2c1. The van der Waals surface area contributed by atoms with Gasteiger partial charge in [-0.2, -0.15) is 5.10 Å². The average Bonchev–Trinajstić information content (AvgIpc) is 3.35. The first-order valence-corrected chi connectivity index (χ1v) is 9.56. The van der Waals surface area contributed by atoms with Gasteiger partial charge in [-0.1, -0.05) is 6.07 Å². The summed E-state index contributed by atoms with van der Waals surface area (Å²) < 4.78 is 6.79. The number of carbonyl (C=O) groups excluding carboxylic acids is 1. The number of nitrogen functional groups attached to an aromatic ring is 1. The lowest BCUT2D eigenvalue weighted by Gasteiger charge is -2.23. The second-order valence-corrected chi connectivity index (χ2v) is 7.21. The van der Waals surface area contributed by atoms with Crippen LogP contribution in [0.3, 0.4) is 0 Å². The molecule has 9 heteroatoms. The van der Waals surface area contributed by atoms with Crippen LogP contribution in [0, 0.1) is 0 Å². The average molecular weight is 391 g/mol. The van der Waals surface area contributed by atoms with Crippen LogP contribution in [-0.4, -0.2) is 50.9 Å². The summed E-state index contributed by atoms with van der Waals surface area (Å²) in [7, 11) is 1.37. The molecule has 0 radical (unpaired) electrons. The predicted octanol–water partition coefficient (Wildman–Crippen LogP) is 2.27. The molecule has 1 aliphatic heterocycles. The third-order valence-electron chi connectivity index (χ3n) is 5.47. The molecule has 0 amide bonds. The molecule has 0 aliphatic carbocycles. The van der Waals surface area contributed by atoms with Crippen molar-refractivity contribution in [3.63, 3.8) is 0 Å². The standard InChI is InChI=1S/C20H21N7O2/c1-29-20(28)12-3-2-11-8-15(25-14(11)9-12)17-16-18(21)23-10-24-19(16)27(26-17)13-4-6-22-7-5-13/h2-3,8-10,13,22,25H,4-7H2,1H3,(H2,21,23,24). The number of aromatic nitrogens is 5. The minimum Gasteiger partial charge on any atom is -0.465 e. The predicted molar refractivity (Wildman–Crippen MR) is 110 cm³/mol. The monoisotopic (exact) mass is 391 g/mol. The van der Waals surface area contributed by atoms with Crippen molar-refractivity contribution in [2.45, 2.75) is 18.9 Å². The van der Waals surface area contributed by atoms with Crippen molar-refractivity contribution in [1.82, 2.24) is 30.0 Å². The van der Waals surface area contributed by atoms with E-state index in [1.807, 2.05) is 16.8 Å². The van der Waals surface area contributed by atoms with Gasteiger partial charge in [-0.3, -0.25) is 0 Å². The van der Waals surface area contributed by atoms with E-state index in [4.69, 9.17) is 15.6 Å². The van der Waals surface area contributed by atoms with Crippen LogP contribution in [-0.2, 0) is 4.74 Å². The van der Waals surface area contributed by atoms with Gasteiger partial charge >= 0.3 is 5.97 Å². The summed E-state index contributed by atoms with van der Waals surface area (Å²) in [5.74, 6) is 0.0282. The van der Waals surface area contributed by atoms with E-state index in [0.29, 0.717) is 17.1 Å². The van der Waals surface area contributed by atoms with E-state index in [1.165, 1.54) is 13.4 Å². The molecule has 3 aromatic heterocycles. The number of aromatic amines is 1. The molecule has 0 spiro atoms. The molecule has 0 atom stereocenters. The van der Waals surface area contributed by atoms with Gasteiger partial charge in [0.05, 0.1) is 29.8 Å². The first-order chi connectivity index (χ1) is 14.2. The molecule has 1 aliphatic rings. The third-order valence-corrected chi connectivity index (χ3v) is 5.47. The highest BCUT2D eigenvalue weighted by Crippen LogP contribution is 2.34. The lowest BCUT2D eigenvalue weighted by Crippen LogP contribution is -2.30. The maximum absolute atomic E-state index is 11.8. The van der Waals surface area contributed by atoms with Gasteiger partial charge in [-0.25, -0.2) is 19.4 Å². The lowest BCUT2D eigenvalue weighted by molar-refractivity contribution is 0.0601. The Bertz CT molecular complexity index is 1220. The topological polar surface area (TPSA) is 124 Å². The Labute approximate surface area is 166 Å². The van der Waals surface area contributed by atoms with Crippen LogP contribution >= 0.6 is 0 Å². The number of carbonyl (C=O) groups is 1. The molecule has 148 valence electrons. The summed E-state index contributed by atoms with van der Waals surface area (Å²) >= 11 is 0. The normalized spacial score (nSPS) is 15.2. The highest BCUT2D eigenvalue weighted by atomic mass is 16.5. The van der Waals surface area contributed by atoms with Crippen LogP contribution in [0.4, 0.5) is 5.82 Å². The van der Waals surface area contributed by atoms with Crippen LogP contribution in [0.5, 0.6) is 0 Å². The maximum atomic E-state index is 11.8. The first kappa shape index (κ1) is 17.6. The molecule has 4 N–H and O–H groups in total. The second-order valence-electron chi connectivity index (χ2n) is 7.21. The van der Waals surface area contributed by atoms with Crippen molar-refractivity contribution >= 4 is 33.7 Å². The van der Waals surface area contributed by atoms with Crippen molar-refractivity contribution in [1.29, 1.82) is 0 Å². The fraction of sp³-hybridized carbons (Fsp3) is 0.300. The number of esters is 1. The summed E-state index contributed by atoms with van der Waals surface area (Å²) in [5.41, 5.74) is 9.80. The number of ether oxygens (including phenoxy) is 1. The number of hydrogen-bond acceptors (Lipinski definition) is 7. The van der Waals surface area contributed by atoms with Crippen molar-refractivity contribution < 1.29 is 9.53 Å². The molecule has 29 heavy (non-hydrogen) atoms. The van der Waals surface area contributed by atoms with E-state index in [9.17, 15) is 4.79 Å². The number of nitrogens with two attached hydrogens (primary N) is 1. The first-order valence-electron chi connectivity index (χ1n) is 9.56. The Balaban J connectivity index is 1.67. The highest BCUT2D eigenvalue weighted by Gasteiger charge is 2.24. The number of methoxy groups -OCH3 is 1. The number of H-pyrrole nitrogens is 1. The van der Waals surface area contributed by atoms with Crippen LogP contribution in [0.15, 0.2) is 30.6 Å². The molecular weight excluding hydrogens is 370 g/mol. The van der Waals surface area contributed by atoms with Crippen LogP contribution in [0.1, 0.15) is 29.2 Å². The number of fused-ring (bicyclic) bond motifs is 2. The Hall–Kier alpha value is -3.46.